The number of carbonyl (C=O) groups excluding carboxylic acids is 2. The van der Waals surface area contributed by atoms with Crippen LogP contribution >= 0.6 is 0 Å². The lowest BCUT2D eigenvalue weighted by molar-refractivity contribution is -0.120. The lowest BCUT2D eigenvalue weighted by Gasteiger charge is -2.20. The topological polar surface area (TPSA) is 90.0 Å². The summed E-state index contributed by atoms with van der Waals surface area (Å²) in [6.45, 7) is 6.78. The predicted molar refractivity (Wildman–Crippen MR) is 99.2 cm³/mol. The third-order valence-electron chi connectivity index (χ3n) is 4.65. The van der Waals surface area contributed by atoms with Crippen LogP contribution in [0.1, 0.15) is 56.9 Å². The van der Waals surface area contributed by atoms with Crippen LogP contribution in [0, 0.1) is 5.92 Å². The molecule has 0 bridgehead atoms. The molecule has 0 aliphatic rings. The highest BCUT2D eigenvalue weighted by Gasteiger charge is 2.26. The Kier molecular flexibility index (Phi) is 6.56. The summed E-state index contributed by atoms with van der Waals surface area (Å²) in [4.78, 5) is 24.4. The van der Waals surface area contributed by atoms with Crippen LogP contribution in [0.2, 0.25) is 0 Å². The second kappa shape index (κ2) is 8.65. The van der Waals surface area contributed by atoms with E-state index in [1.165, 1.54) is 0 Å². The van der Waals surface area contributed by atoms with Crippen LogP contribution in [-0.4, -0.2) is 27.6 Å². The lowest BCUT2D eigenvalue weighted by Crippen LogP contribution is -2.48. The zero-order valence-electron chi connectivity index (χ0n) is 15.3. The number of rotatable bonds is 9. The fraction of sp³-hybridized carbons (Fsp3) is 0.526. The summed E-state index contributed by atoms with van der Waals surface area (Å²) < 4.78 is 1.88. The molecular weight excluding hydrogens is 316 g/mol. The molecule has 3 N–H and O–H groups in total. The van der Waals surface area contributed by atoms with Gasteiger partial charge in [-0.3, -0.25) is 14.3 Å². The van der Waals surface area contributed by atoms with E-state index >= 15 is 0 Å². The smallest absolute Gasteiger partial charge is 0.273 e. The van der Waals surface area contributed by atoms with Crippen molar-refractivity contribution in [2.75, 3.05) is 0 Å². The van der Waals surface area contributed by atoms with Gasteiger partial charge < -0.3 is 11.1 Å². The van der Waals surface area contributed by atoms with Gasteiger partial charge in [0.25, 0.3) is 5.91 Å². The van der Waals surface area contributed by atoms with E-state index in [0.29, 0.717) is 5.69 Å². The van der Waals surface area contributed by atoms with Crippen molar-refractivity contribution >= 4 is 22.7 Å². The predicted octanol–water partition coefficient (Wildman–Crippen LogP) is 2.86. The average Bonchev–Trinajstić information content (AvgIpc) is 2.98. The zero-order chi connectivity index (χ0) is 18.4. The van der Waals surface area contributed by atoms with E-state index in [2.05, 4.69) is 17.3 Å². The second-order valence-corrected chi connectivity index (χ2v) is 6.54. The van der Waals surface area contributed by atoms with Crippen LogP contribution in [0.15, 0.2) is 24.3 Å². The minimum atomic E-state index is -0.693. The fourth-order valence-electron chi connectivity index (χ4n) is 2.92. The molecule has 0 fully saturated rings. The molecule has 2 rings (SSSR count). The Morgan fingerprint density at radius 3 is 2.60 bits per heavy atom. The Morgan fingerprint density at radius 2 is 1.96 bits per heavy atom. The highest BCUT2D eigenvalue weighted by Crippen LogP contribution is 2.20. The molecule has 0 radical (unpaired) electrons. The van der Waals surface area contributed by atoms with Gasteiger partial charge in [-0.2, -0.15) is 5.10 Å². The molecule has 1 aromatic heterocycles. The van der Waals surface area contributed by atoms with Gasteiger partial charge in [-0.25, -0.2) is 0 Å². The molecular formula is C19H28N4O2. The van der Waals surface area contributed by atoms with Crippen molar-refractivity contribution < 1.29 is 9.59 Å². The van der Waals surface area contributed by atoms with Gasteiger partial charge >= 0.3 is 0 Å². The first kappa shape index (κ1) is 19.0. The monoisotopic (exact) mass is 344 g/mol. The van der Waals surface area contributed by atoms with E-state index in [0.717, 1.165) is 43.1 Å². The molecule has 0 aliphatic carbocycles. The molecule has 2 amide bonds. The van der Waals surface area contributed by atoms with Gasteiger partial charge in [0.1, 0.15) is 6.04 Å². The molecule has 136 valence electrons. The molecule has 6 nitrogen and oxygen atoms in total. The normalized spacial score (nSPS) is 13.6. The number of benzene rings is 1. The van der Waals surface area contributed by atoms with Gasteiger partial charge in [-0.1, -0.05) is 58.2 Å². The van der Waals surface area contributed by atoms with Crippen molar-refractivity contribution in [3.8, 4) is 0 Å². The first-order chi connectivity index (χ1) is 12.0. The van der Waals surface area contributed by atoms with E-state index in [4.69, 9.17) is 5.73 Å². The fourth-order valence-corrected chi connectivity index (χ4v) is 2.92. The van der Waals surface area contributed by atoms with Crippen LogP contribution in [0.4, 0.5) is 0 Å². The number of nitrogens with one attached hydrogen (secondary N) is 1. The summed E-state index contributed by atoms with van der Waals surface area (Å²) in [6.07, 6.45) is 4.01. The van der Waals surface area contributed by atoms with Crippen molar-refractivity contribution in [2.24, 2.45) is 11.7 Å². The summed E-state index contributed by atoms with van der Waals surface area (Å²) >= 11 is 0. The van der Waals surface area contributed by atoms with Gasteiger partial charge in [0.05, 0.1) is 5.52 Å². The van der Waals surface area contributed by atoms with Gasteiger partial charge in [0, 0.05) is 11.9 Å². The summed E-state index contributed by atoms with van der Waals surface area (Å²) in [6, 6.07) is 6.98. The highest BCUT2D eigenvalue weighted by molar-refractivity contribution is 6.06. The Balaban J connectivity index is 2.29. The number of carbonyl (C=O) groups is 2. The van der Waals surface area contributed by atoms with E-state index in [1.54, 1.807) is 0 Å². The molecule has 0 spiro atoms. The van der Waals surface area contributed by atoms with E-state index < -0.39 is 11.9 Å². The van der Waals surface area contributed by atoms with Crippen molar-refractivity contribution in [2.45, 2.75) is 59.0 Å². The van der Waals surface area contributed by atoms with E-state index in [9.17, 15) is 9.59 Å². The van der Waals surface area contributed by atoms with Gasteiger partial charge in [0.15, 0.2) is 5.69 Å². The minimum Gasteiger partial charge on any atom is -0.368 e. The second-order valence-electron chi connectivity index (χ2n) is 6.54. The van der Waals surface area contributed by atoms with Crippen molar-refractivity contribution in [3.63, 3.8) is 0 Å². The Hall–Kier alpha value is -2.37. The first-order valence-electron chi connectivity index (χ1n) is 9.05. The van der Waals surface area contributed by atoms with E-state index in [1.807, 2.05) is 42.8 Å². The number of fused-ring (bicyclic) bond motifs is 1. The molecule has 2 atom stereocenters. The van der Waals surface area contributed by atoms with Crippen molar-refractivity contribution in [1.29, 1.82) is 0 Å². The molecule has 1 heterocycles. The summed E-state index contributed by atoms with van der Waals surface area (Å²) in [5, 5.41) is 8.07. The zero-order valence-corrected chi connectivity index (χ0v) is 15.3. The number of amides is 2. The van der Waals surface area contributed by atoms with Gasteiger partial charge in [-0.05, 0) is 18.4 Å². The van der Waals surface area contributed by atoms with Crippen LogP contribution in [0.3, 0.4) is 0 Å². The van der Waals surface area contributed by atoms with E-state index in [-0.39, 0.29) is 11.8 Å². The van der Waals surface area contributed by atoms with Crippen LogP contribution in [0.5, 0.6) is 0 Å². The number of hydrogen-bond acceptors (Lipinski definition) is 3. The van der Waals surface area contributed by atoms with Crippen molar-refractivity contribution in [1.82, 2.24) is 15.1 Å². The maximum Gasteiger partial charge on any atom is 0.273 e. The maximum atomic E-state index is 12.7. The molecule has 0 saturated heterocycles. The lowest BCUT2D eigenvalue weighted by atomic mass is 9.98. The number of para-hydroxylation sites is 1. The minimum absolute atomic E-state index is 0.0284. The molecule has 2 aromatic rings. The number of nitrogens with zero attached hydrogens (tertiary/aromatic N) is 2. The average molecular weight is 344 g/mol. The molecule has 25 heavy (non-hydrogen) atoms. The molecule has 0 unspecified atom stereocenters. The third-order valence-corrected chi connectivity index (χ3v) is 4.65. The number of aromatic nitrogens is 2. The van der Waals surface area contributed by atoms with Crippen LogP contribution in [0.25, 0.3) is 10.9 Å². The number of nitrogens with two attached hydrogens (primary N) is 1. The number of aryl methyl sites for hydroxylation is 1. The number of unbranched alkanes of at least 4 members (excludes halogenated alkanes) is 2. The summed E-state index contributed by atoms with van der Waals surface area (Å²) in [5.41, 5.74) is 6.74. The first-order valence-corrected chi connectivity index (χ1v) is 9.05. The third kappa shape index (κ3) is 4.38. The SMILES string of the molecule is CCCCCn1nc(C(=O)N[C@H](C(N)=O)[C@@H](C)CC)c2ccccc21. The summed E-state index contributed by atoms with van der Waals surface area (Å²) in [5.74, 6) is -0.900. The maximum absolute atomic E-state index is 12.7. The Labute approximate surface area is 148 Å². The Morgan fingerprint density at radius 1 is 1.24 bits per heavy atom. The Bertz CT molecular complexity index is 738. The van der Waals surface area contributed by atoms with Crippen molar-refractivity contribution in [3.05, 3.63) is 30.0 Å². The largest absolute Gasteiger partial charge is 0.368 e. The molecule has 0 aliphatic heterocycles. The van der Waals surface area contributed by atoms with Crippen LogP contribution < -0.4 is 11.1 Å². The van der Waals surface area contributed by atoms with Crippen LogP contribution in [-0.2, 0) is 11.3 Å². The standard InChI is InChI=1S/C19H28N4O2/c1-4-6-9-12-23-15-11-8-7-10-14(15)17(22-23)19(25)21-16(18(20)24)13(3)5-2/h7-8,10-11,13,16H,4-6,9,12H2,1-3H3,(H2,20,24)(H,21,25)/t13-,16-/m0/s1. The molecule has 6 heteroatoms. The summed E-state index contributed by atoms with van der Waals surface area (Å²) in [7, 11) is 0. The molecule has 0 saturated carbocycles. The van der Waals surface area contributed by atoms with Gasteiger partial charge in [-0.15, -0.1) is 0 Å². The quantitative estimate of drug-likeness (QED) is 0.685. The highest BCUT2D eigenvalue weighted by atomic mass is 16.2. The van der Waals surface area contributed by atoms with Gasteiger partial charge in [0.2, 0.25) is 5.91 Å². The number of hydrogen-bond donors (Lipinski definition) is 2. The number of primary amides is 1. The molecule has 1 aromatic carbocycles.